The highest BCUT2D eigenvalue weighted by Crippen LogP contribution is 2.35. The predicted octanol–water partition coefficient (Wildman–Crippen LogP) is 5.28. The first-order chi connectivity index (χ1) is 18.3. The van der Waals surface area contributed by atoms with Gasteiger partial charge < -0.3 is 9.47 Å². The standard InChI is InChI=1S/C29H24Cl2N6O/c1-18-17-36(28-24(16-33)29(38)35(2)25-12-11-23(15-32)34-26(25)28)13-14-37(18)27(19-3-7-21(30)8-4-19)20-5-9-22(31)10-6-20/h3-12,18,27H,13-14,17H2,1-2H3. The van der Waals surface area contributed by atoms with Crippen LogP contribution in [0.2, 0.25) is 10.0 Å². The summed E-state index contributed by atoms with van der Waals surface area (Å²) in [7, 11) is 1.62. The van der Waals surface area contributed by atoms with Gasteiger partial charge >= 0.3 is 0 Å². The molecule has 1 aliphatic rings. The fourth-order valence-electron chi connectivity index (χ4n) is 5.29. The Hall–Kier alpha value is -3.88. The SMILES string of the molecule is CC1CN(c2c(C#N)c(=O)n(C)c3ccc(C#N)nc23)CCN1C(c1ccc(Cl)cc1)c1ccc(Cl)cc1. The number of nitriles is 2. The van der Waals surface area contributed by atoms with Gasteiger partial charge in [-0.25, -0.2) is 4.98 Å². The van der Waals surface area contributed by atoms with E-state index in [1.807, 2.05) is 48.5 Å². The van der Waals surface area contributed by atoms with E-state index in [1.165, 1.54) is 4.57 Å². The first-order valence-corrected chi connectivity index (χ1v) is 12.9. The molecule has 3 heterocycles. The van der Waals surface area contributed by atoms with Crippen molar-refractivity contribution in [3.63, 3.8) is 0 Å². The lowest BCUT2D eigenvalue weighted by atomic mass is 9.94. The Morgan fingerprint density at radius 2 is 1.53 bits per heavy atom. The molecule has 0 saturated carbocycles. The second-order valence-electron chi connectivity index (χ2n) is 9.41. The third-order valence-electron chi connectivity index (χ3n) is 7.14. The van der Waals surface area contributed by atoms with Crippen LogP contribution in [0, 0.1) is 22.7 Å². The van der Waals surface area contributed by atoms with Gasteiger partial charge in [0.1, 0.15) is 28.9 Å². The monoisotopic (exact) mass is 542 g/mol. The maximum Gasteiger partial charge on any atom is 0.270 e. The normalized spacial score (nSPS) is 16.0. The summed E-state index contributed by atoms with van der Waals surface area (Å²) in [5, 5.41) is 20.8. The minimum atomic E-state index is -0.378. The number of aromatic nitrogens is 2. The number of pyridine rings is 2. The molecule has 5 rings (SSSR count). The molecular formula is C29H24Cl2N6O. The van der Waals surface area contributed by atoms with Gasteiger partial charge in [0.15, 0.2) is 0 Å². The highest BCUT2D eigenvalue weighted by molar-refractivity contribution is 6.30. The molecule has 0 spiro atoms. The zero-order valence-electron chi connectivity index (χ0n) is 20.9. The van der Waals surface area contributed by atoms with Crippen LogP contribution in [0.1, 0.15) is 35.3 Å². The highest BCUT2D eigenvalue weighted by atomic mass is 35.5. The maximum atomic E-state index is 13.1. The Labute approximate surface area is 230 Å². The second kappa shape index (κ2) is 10.5. The Balaban J connectivity index is 1.56. The van der Waals surface area contributed by atoms with E-state index in [4.69, 9.17) is 23.2 Å². The lowest BCUT2D eigenvalue weighted by molar-refractivity contribution is 0.150. The molecule has 0 aliphatic carbocycles. The molecule has 1 unspecified atom stereocenters. The zero-order valence-corrected chi connectivity index (χ0v) is 22.4. The molecular weight excluding hydrogens is 519 g/mol. The second-order valence-corrected chi connectivity index (χ2v) is 10.3. The summed E-state index contributed by atoms with van der Waals surface area (Å²) in [5.41, 5.74) is 3.66. The Morgan fingerprint density at radius 3 is 2.05 bits per heavy atom. The average Bonchev–Trinajstić information content (AvgIpc) is 2.93. The average molecular weight is 543 g/mol. The first-order valence-electron chi connectivity index (χ1n) is 12.2. The lowest BCUT2D eigenvalue weighted by Crippen LogP contribution is -2.53. The number of rotatable bonds is 4. The Bertz CT molecular complexity index is 1610. The number of benzene rings is 2. The molecule has 0 radical (unpaired) electrons. The number of hydrogen-bond acceptors (Lipinski definition) is 6. The Kier molecular flexibility index (Phi) is 7.10. The molecule has 1 aliphatic heterocycles. The Morgan fingerprint density at radius 1 is 0.921 bits per heavy atom. The molecule has 2 aromatic heterocycles. The molecule has 0 amide bonds. The van der Waals surface area contributed by atoms with Crippen LogP contribution in [0.25, 0.3) is 11.0 Å². The molecule has 1 fully saturated rings. The van der Waals surface area contributed by atoms with Crippen molar-refractivity contribution in [2.24, 2.45) is 7.05 Å². The topological polar surface area (TPSA) is 88.9 Å². The van der Waals surface area contributed by atoms with Crippen LogP contribution < -0.4 is 10.5 Å². The van der Waals surface area contributed by atoms with Crippen LogP contribution in [0.3, 0.4) is 0 Å². The maximum absolute atomic E-state index is 13.1. The zero-order chi connectivity index (χ0) is 27.0. The molecule has 0 N–H and O–H groups in total. The number of aryl methyl sites for hydroxylation is 1. The first kappa shape index (κ1) is 25.8. The number of anilines is 1. The van der Waals surface area contributed by atoms with Crippen LogP contribution >= 0.6 is 23.2 Å². The van der Waals surface area contributed by atoms with Gasteiger partial charge in [0.2, 0.25) is 0 Å². The van der Waals surface area contributed by atoms with E-state index < -0.39 is 0 Å². The van der Waals surface area contributed by atoms with Crippen LogP contribution in [0.4, 0.5) is 5.69 Å². The largest absolute Gasteiger partial charge is 0.366 e. The van der Waals surface area contributed by atoms with Gasteiger partial charge in [-0.05, 0) is 54.4 Å². The van der Waals surface area contributed by atoms with E-state index in [-0.39, 0.29) is 28.9 Å². The molecule has 2 aromatic carbocycles. The van der Waals surface area contributed by atoms with Crippen molar-refractivity contribution in [2.45, 2.75) is 19.0 Å². The van der Waals surface area contributed by atoms with Crippen LogP contribution in [-0.4, -0.2) is 40.1 Å². The van der Waals surface area contributed by atoms with Gasteiger partial charge in [0.25, 0.3) is 5.56 Å². The van der Waals surface area contributed by atoms with E-state index >= 15 is 0 Å². The molecule has 9 heteroatoms. The number of halogens is 2. The van der Waals surface area contributed by atoms with Crippen molar-refractivity contribution in [3.8, 4) is 12.1 Å². The van der Waals surface area contributed by atoms with Gasteiger partial charge in [0, 0.05) is 42.8 Å². The predicted molar refractivity (Wildman–Crippen MR) is 150 cm³/mol. The molecule has 38 heavy (non-hydrogen) atoms. The van der Waals surface area contributed by atoms with Gasteiger partial charge in [-0.1, -0.05) is 47.5 Å². The third-order valence-corrected chi connectivity index (χ3v) is 7.64. The molecule has 4 aromatic rings. The minimum absolute atomic E-state index is 0.0372. The van der Waals surface area contributed by atoms with Gasteiger partial charge in [-0.15, -0.1) is 0 Å². The highest BCUT2D eigenvalue weighted by Gasteiger charge is 2.34. The molecule has 190 valence electrons. The number of hydrogen-bond donors (Lipinski definition) is 0. The van der Waals surface area contributed by atoms with Crippen molar-refractivity contribution < 1.29 is 0 Å². The quantitative estimate of drug-likeness (QED) is 0.348. The summed E-state index contributed by atoms with van der Waals surface area (Å²) in [4.78, 5) is 22.1. The number of piperazine rings is 1. The minimum Gasteiger partial charge on any atom is -0.366 e. The molecule has 7 nitrogen and oxygen atoms in total. The molecule has 1 saturated heterocycles. The van der Waals surface area contributed by atoms with E-state index in [0.717, 1.165) is 11.1 Å². The van der Waals surface area contributed by atoms with Crippen LogP contribution in [0.5, 0.6) is 0 Å². The number of nitrogens with zero attached hydrogens (tertiary/aromatic N) is 6. The fourth-order valence-corrected chi connectivity index (χ4v) is 5.54. The lowest BCUT2D eigenvalue weighted by Gasteiger charge is -2.45. The molecule has 0 bridgehead atoms. The third kappa shape index (κ3) is 4.61. The van der Waals surface area contributed by atoms with Gasteiger partial charge in [-0.3, -0.25) is 9.69 Å². The fraction of sp³-hybridized carbons (Fsp3) is 0.241. The van der Waals surface area contributed by atoms with E-state index in [1.54, 1.807) is 19.2 Å². The van der Waals surface area contributed by atoms with Crippen molar-refractivity contribution in [3.05, 3.63) is 103 Å². The van der Waals surface area contributed by atoms with Crippen molar-refractivity contribution >= 4 is 39.9 Å². The van der Waals surface area contributed by atoms with Gasteiger partial charge in [0.05, 0.1) is 17.2 Å². The van der Waals surface area contributed by atoms with Crippen LogP contribution in [0.15, 0.2) is 65.5 Å². The van der Waals surface area contributed by atoms with Crippen molar-refractivity contribution in [1.82, 2.24) is 14.5 Å². The molecule has 1 atom stereocenters. The summed E-state index contributed by atoms with van der Waals surface area (Å²) >= 11 is 12.4. The summed E-state index contributed by atoms with van der Waals surface area (Å²) in [6.07, 6.45) is 0. The van der Waals surface area contributed by atoms with Gasteiger partial charge in [-0.2, -0.15) is 10.5 Å². The van der Waals surface area contributed by atoms with Crippen LogP contribution in [-0.2, 0) is 7.05 Å². The number of fused-ring (bicyclic) bond motifs is 1. The van der Waals surface area contributed by atoms with Crippen molar-refractivity contribution in [2.75, 3.05) is 24.5 Å². The summed E-state index contributed by atoms with van der Waals surface area (Å²) in [6.45, 7) is 3.93. The van der Waals surface area contributed by atoms with Crippen molar-refractivity contribution in [1.29, 1.82) is 10.5 Å². The smallest absolute Gasteiger partial charge is 0.270 e. The van der Waals surface area contributed by atoms with E-state index in [2.05, 4.69) is 33.8 Å². The summed E-state index contributed by atoms with van der Waals surface area (Å²) in [5.74, 6) is 0. The summed E-state index contributed by atoms with van der Waals surface area (Å²) < 4.78 is 1.42. The van der Waals surface area contributed by atoms with E-state index in [0.29, 0.717) is 46.4 Å². The summed E-state index contributed by atoms with van der Waals surface area (Å²) in [6, 6.07) is 23.2. The van der Waals surface area contributed by atoms with E-state index in [9.17, 15) is 15.3 Å².